The van der Waals surface area contributed by atoms with Crippen molar-refractivity contribution in [1.29, 1.82) is 0 Å². The molecule has 1 atom stereocenters. The molecule has 1 unspecified atom stereocenters. The lowest BCUT2D eigenvalue weighted by Crippen LogP contribution is -2.46. The molecule has 0 heterocycles. The summed E-state index contributed by atoms with van der Waals surface area (Å²) in [4.78, 5) is 23.0. The fraction of sp³-hybridized carbons (Fsp3) is 0.818. The predicted octanol–water partition coefficient (Wildman–Crippen LogP) is 0.735. The first-order chi connectivity index (χ1) is 6.90. The highest BCUT2D eigenvalue weighted by Crippen LogP contribution is 2.06. The standard InChI is InChI=1S/C11H21NO3/c1-7(2)10(9(14)5-6-13)12-11(15)8(3)4/h7-8,10,13H,5-6H2,1-4H3,(H,12,15). The third kappa shape index (κ3) is 4.93. The monoisotopic (exact) mass is 215 g/mol. The number of amides is 1. The Morgan fingerprint density at radius 1 is 1.20 bits per heavy atom. The lowest BCUT2D eigenvalue weighted by Gasteiger charge is -2.21. The quantitative estimate of drug-likeness (QED) is 0.686. The van der Waals surface area contributed by atoms with E-state index in [1.54, 1.807) is 13.8 Å². The summed E-state index contributed by atoms with van der Waals surface area (Å²) in [6.07, 6.45) is 0.0984. The molecular formula is C11H21NO3. The molecule has 0 spiro atoms. The molecule has 0 rings (SSSR count). The SMILES string of the molecule is CC(C)C(=O)NC(C(=O)CCO)C(C)C. The van der Waals surface area contributed by atoms with Gasteiger partial charge in [0, 0.05) is 12.3 Å². The fourth-order valence-corrected chi connectivity index (χ4v) is 1.20. The van der Waals surface area contributed by atoms with Gasteiger partial charge in [-0.05, 0) is 5.92 Å². The largest absolute Gasteiger partial charge is 0.396 e. The Labute approximate surface area is 91.1 Å². The molecule has 15 heavy (non-hydrogen) atoms. The minimum absolute atomic E-state index is 0.0479. The van der Waals surface area contributed by atoms with Crippen molar-refractivity contribution >= 4 is 11.7 Å². The Morgan fingerprint density at radius 3 is 2.07 bits per heavy atom. The second kappa shape index (κ2) is 6.56. The molecule has 0 saturated heterocycles. The molecule has 2 N–H and O–H groups in total. The van der Waals surface area contributed by atoms with Gasteiger partial charge in [0.05, 0.1) is 12.6 Å². The predicted molar refractivity (Wildman–Crippen MR) is 58.3 cm³/mol. The van der Waals surface area contributed by atoms with Crippen molar-refractivity contribution in [2.45, 2.75) is 40.2 Å². The smallest absolute Gasteiger partial charge is 0.223 e. The number of aliphatic hydroxyl groups is 1. The Morgan fingerprint density at radius 2 is 1.73 bits per heavy atom. The molecule has 0 aromatic carbocycles. The van der Waals surface area contributed by atoms with Gasteiger partial charge in [-0.3, -0.25) is 9.59 Å². The summed E-state index contributed by atoms with van der Waals surface area (Å²) in [6.45, 7) is 7.15. The fourth-order valence-electron chi connectivity index (χ4n) is 1.20. The zero-order valence-corrected chi connectivity index (χ0v) is 9.91. The van der Waals surface area contributed by atoms with Crippen LogP contribution in [0.2, 0.25) is 0 Å². The van der Waals surface area contributed by atoms with Crippen LogP contribution in [0.3, 0.4) is 0 Å². The van der Waals surface area contributed by atoms with Gasteiger partial charge in [0.25, 0.3) is 0 Å². The molecule has 4 nitrogen and oxygen atoms in total. The van der Waals surface area contributed by atoms with Crippen LogP contribution >= 0.6 is 0 Å². The molecule has 0 radical (unpaired) electrons. The zero-order chi connectivity index (χ0) is 12.0. The lowest BCUT2D eigenvalue weighted by atomic mass is 9.97. The Balaban J connectivity index is 4.41. The number of carbonyl (C=O) groups is 2. The second-order valence-corrected chi connectivity index (χ2v) is 4.32. The Kier molecular flexibility index (Phi) is 6.17. The minimum Gasteiger partial charge on any atom is -0.396 e. The van der Waals surface area contributed by atoms with Crippen molar-refractivity contribution in [3.8, 4) is 0 Å². The van der Waals surface area contributed by atoms with Crippen LogP contribution in [-0.4, -0.2) is 29.4 Å². The van der Waals surface area contributed by atoms with Crippen LogP contribution in [0, 0.1) is 11.8 Å². The molecule has 0 aliphatic carbocycles. The van der Waals surface area contributed by atoms with Gasteiger partial charge in [-0.15, -0.1) is 0 Å². The van der Waals surface area contributed by atoms with Gasteiger partial charge in [0.15, 0.2) is 5.78 Å². The van der Waals surface area contributed by atoms with E-state index in [9.17, 15) is 9.59 Å². The summed E-state index contributed by atoms with van der Waals surface area (Å²) < 4.78 is 0. The maximum absolute atomic E-state index is 11.6. The number of hydrogen-bond acceptors (Lipinski definition) is 3. The van der Waals surface area contributed by atoms with E-state index in [4.69, 9.17) is 5.11 Å². The van der Waals surface area contributed by atoms with E-state index >= 15 is 0 Å². The summed E-state index contributed by atoms with van der Waals surface area (Å²) in [7, 11) is 0. The zero-order valence-electron chi connectivity index (χ0n) is 9.91. The summed E-state index contributed by atoms with van der Waals surface area (Å²) in [5.41, 5.74) is 0. The lowest BCUT2D eigenvalue weighted by molar-refractivity contribution is -0.130. The van der Waals surface area contributed by atoms with Crippen LogP contribution in [0.15, 0.2) is 0 Å². The molecule has 0 saturated carbocycles. The Hall–Kier alpha value is -0.900. The van der Waals surface area contributed by atoms with Gasteiger partial charge in [0.1, 0.15) is 0 Å². The topological polar surface area (TPSA) is 66.4 Å². The molecule has 0 aromatic heterocycles. The van der Waals surface area contributed by atoms with E-state index in [-0.39, 0.29) is 36.6 Å². The van der Waals surface area contributed by atoms with Crippen molar-refractivity contribution in [2.24, 2.45) is 11.8 Å². The van der Waals surface area contributed by atoms with E-state index in [1.807, 2.05) is 13.8 Å². The number of nitrogens with one attached hydrogen (secondary N) is 1. The van der Waals surface area contributed by atoms with E-state index in [0.717, 1.165) is 0 Å². The van der Waals surface area contributed by atoms with Crippen molar-refractivity contribution in [1.82, 2.24) is 5.32 Å². The molecule has 1 amide bonds. The molecule has 88 valence electrons. The molecule has 0 fully saturated rings. The highest BCUT2D eigenvalue weighted by atomic mass is 16.3. The number of ketones is 1. The highest BCUT2D eigenvalue weighted by molar-refractivity contribution is 5.89. The van der Waals surface area contributed by atoms with E-state index in [2.05, 4.69) is 5.32 Å². The molecule has 0 aliphatic rings. The van der Waals surface area contributed by atoms with E-state index in [1.165, 1.54) is 0 Å². The first-order valence-corrected chi connectivity index (χ1v) is 5.34. The summed E-state index contributed by atoms with van der Waals surface area (Å²) in [6, 6.07) is -0.480. The van der Waals surface area contributed by atoms with Crippen LogP contribution in [0.5, 0.6) is 0 Å². The normalized spacial score (nSPS) is 13.0. The van der Waals surface area contributed by atoms with Gasteiger partial charge in [0.2, 0.25) is 5.91 Å². The maximum atomic E-state index is 11.6. The van der Waals surface area contributed by atoms with E-state index < -0.39 is 6.04 Å². The number of hydrogen-bond donors (Lipinski definition) is 2. The third-order valence-corrected chi connectivity index (χ3v) is 2.19. The van der Waals surface area contributed by atoms with Crippen molar-refractivity contribution in [2.75, 3.05) is 6.61 Å². The maximum Gasteiger partial charge on any atom is 0.223 e. The van der Waals surface area contributed by atoms with Crippen molar-refractivity contribution in [3.63, 3.8) is 0 Å². The van der Waals surface area contributed by atoms with Crippen LogP contribution in [0.4, 0.5) is 0 Å². The molecule has 0 aromatic rings. The summed E-state index contributed by atoms with van der Waals surface area (Å²) in [5, 5.41) is 11.4. The third-order valence-electron chi connectivity index (χ3n) is 2.19. The summed E-state index contributed by atoms with van der Waals surface area (Å²) >= 11 is 0. The highest BCUT2D eigenvalue weighted by Gasteiger charge is 2.24. The molecule has 0 aliphatic heterocycles. The molecule has 4 heteroatoms. The van der Waals surface area contributed by atoms with Crippen molar-refractivity contribution < 1.29 is 14.7 Å². The molecular weight excluding hydrogens is 194 g/mol. The van der Waals surface area contributed by atoms with Crippen LogP contribution in [0.1, 0.15) is 34.1 Å². The van der Waals surface area contributed by atoms with Crippen molar-refractivity contribution in [3.05, 3.63) is 0 Å². The first kappa shape index (κ1) is 14.1. The first-order valence-electron chi connectivity index (χ1n) is 5.34. The number of rotatable bonds is 6. The van der Waals surface area contributed by atoms with Gasteiger partial charge in [-0.25, -0.2) is 0 Å². The Bertz CT molecular complexity index is 224. The average molecular weight is 215 g/mol. The van der Waals surface area contributed by atoms with Gasteiger partial charge >= 0.3 is 0 Å². The minimum atomic E-state index is -0.480. The number of carbonyl (C=O) groups excluding carboxylic acids is 2. The van der Waals surface area contributed by atoms with Crippen LogP contribution in [-0.2, 0) is 9.59 Å². The number of aliphatic hydroxyl groups excluding tert-OH is 1. The summed E-state index contributed by atoms with van der Waals surface area (Å²) in [5.74, 6) is -0.318. The van der Waals surface area contributed by atoms with Gasteiger partial charge in [-0.2, -0.15) is 0 Å². The number of Topliss-reactive ketones (excluding diaryl/α,β-unsaturated/α-hetero) is 1. The van der Waals surface area contributed by atoms with Gasteiger partial charge in [-0.1, -0.05) is 27.7 Å². The van der Waals surface area contributed by atoms with Gasteiger partial charge < -0.3 is 10.4 Å². The second-order valence-electron chi connectivity index (χ2n) is 4.32. The molecule has 0 bridgehead atoms. The van der Waals surface area contributed by atoms with E-state index in [0.29, 0.717) is 0 Å². The van der Waals surface area contributed by atoms with Crippen LogP contribution in [0.25, 0.3) is 0 Å². The van der Waals surface area contributed by atoms with Crippen LogP contribution < -0.4 is 5.32 Å². The average Bonchev–Trinajstić information content (AvgIpc) is 2.13.